The zero-order chi connectivity index (χ0) is 29.5. The molecule has 16 nitrogen and oxygen atoms in total. The summed E-state index contributed by atoms with van der Waals surface area (Å²) < 4.78 is 37.9. The van der Waals surface area contributed by atoms with Gasteiger partial charge in [-0.3, -0.25) is 36.9 Å². The molecular weight excluding hydrogens is 582 g/mol. The first-order valence-corrected chi connectivity index (χ1v) is 13.8. The van der Waals surface area contributed by atoms with Gasteiger partial charge in [0.25, 0.3) is 11.1 Å². The third-order valence-corrected chi connectivity index (χ3v) is 7.99. The Balaban J connectivity index is 0.00000405. The second-order valence-corrected chi connectivity index (χ2v) is 10.7. The molecular formula is C24H27N8NaO8P. The minimum absolute atomic E-state index is 0. The van der Waals surface area contributed by atoms with Crippen molar-refractivity contribution in [3.63, 3.8) is 0 Å². The van der Waals surface area contributed by atoms with Crippen LogP contribution >= 0.6 is 7.82 Å². The summed E-state index contributed by atoms with van der Waals surface area (Å²) in [6.45, 7) is -0.298. The maximum absolute atomic E-state index is 13.7. The van der Waals surface area contributed by atoms with Crippen LogP contribution in [-0.2, 0) is 54.9 Å². The predicted molar refractivity (Wildman–Crippen MR) is 153 cm³/mol. The number of hydrogen-bond acceptors (Lipinski definition) is 10. The smallest absolute Gasteiger partial charge is 0.404 e. The Labute approximate surface area is 259 Å². The summed E-state index contributed by atoms with van der Waals surface area (Å²) in [5.41, 5.74) is -1.31. The van der Waals surface area contributed by atoms with Crippen molar-refractivity contribution in [2.45, 2.75) is 13.1 Å². The Morgan fingerprint density at radius 3 is 1.55 bits per heavy atom. The Morgan fingerprint density at radius 1 is 0.690 bits per heavy atom. The van der Waals surface area contributed by atoms with Crippen molar-refractivity contribution in [1.29, 1.82) is 0 Å². The fraction of sp³-hybridized carbons (Fsp3) is 0.333. The number of hydrogen-bond donors (Lipinski definition) is 0. The maximum atomic E-state index is 13.7. The zero-order valence-electron chi connectivity index (χ0n) is 23.7. The van der Waals surface area contributed by atoms with Crippen LogP contribution < -0.4 is 27.0 Å². The quantitative estimate of drug-likeness (QED) is 0.152. The molecule has 217 valence electrons. The van der Waals surface area contributed by atoms with Crippen molar-refractivity contribution in [1.82, 2.24) is 37.4 Å². The van der Waals surface area contributed by atoms with E-state index in [2.05, 4.69) is 9.97 Å². The van der Waals surface area contributed by atoms with Crippen LogP contribution in [0.5, 0.6) is 5.75 Å². The number of aryl methyl sites for hydroxylation is 2. The summed E-state index contributed by atoms with van der Waals surface area (Å²) in [5.74, 6) is 0.240. The number of phosphoric acid groups is 1. The number of phosphoric ester groups is 1. The van der Waals surface area contributed by atoms with Crippen molar-refractivity contribution >= 4 is 59.7 Å². The van der Waals surface area contributed by atoms with E-state index in [1.165, 1.54) is 59.1 Å². The molecule has 0 aliphatic heterocycles. The van der Waals surface area contributed by atoms with E-state index < -0.39 is 30.3 Å². The van der Waals surface area contributed by atoms with E-state index in [4.69, 9.17) is 13.6 Å². The first kappa shape index (κ1) is 31.4. The van der Waals surface area contributed by atoms with Crippen LogP contribution in [0, 0.1) is 0 Å². The van der Waals surface area contributed by atoms with Crippen LogP contribution in [0.15, 0.2) is 62.2 Å². The first-order chi connectivity index (χ1) is 19.5. The molecule has 0 unspecified atom stereocenters. The van der Waals surface area contributed by atoms with Gasteiger partial charge in [-0.2, -0.15) is 0 Å². The number of rotatable bonds is 10. The average Bonchev–Trinajstić information content (AvgIpc) is 3.58. The second kappa shape index (κ2) is 12.4. The van der Waals surface area contributed by atoms with Gasteiger partial charge in [0, 0.05) is 70.8 Å². The van der Waals surface area contributed by atoms with Gasteiger partial charge in [-0.15, -0.1) is 0 Å². The number of imidazole rings is 2. The molecule has 0 bridgehead atoms. The predicted octanol–water partition coefficient (Wildman–Crippen LogP) is -0.279. The summed E-state index contributed by atoms with van der Waals surface area (Å²) >= 11 is 0. The van der Waals surface area contributed by atoms with Crippen molar-refractivity contribution in [2.24, 2.45) is 28.2 Å². The van der Waals surface area contributed by atoms with E-state index in [1.807, 2.05) is 0 Å². The largest absolute Gasteiger partial charge is 0.530 e. The summed E-state index contributed by atoms with van der Waals surface area (Å²) in [5, 5.41) is 0. The SMILES string of the molecule is Cn1c(=O)c2c(ncn2CCOP(=O)(OCCn2cnc3c2c(=O)n(C)c(=O)n3C)Oc2ccccc2)n(C)c1=O.[Na]. The fourth-order valence-corrected chi connectivity index (χ4v) is 5.51. The molecule has 0 N–H and O–H groups in total. The van der Waals surface area contributed by atoms with Gasteiger partial charge in [0.2, 0.25) is 0 Å². The molecule has 1 radical (unpaired) electrons. The van der Waals surface area contributed by atoms with Gasteiger partial charge in [0.15, 0.2) is 22.3 Å². The van der Waals surface area contributed by atoms with Gasteiger partial charge in [-0.1, -0.05) is 18.2 Å². The normalized spacial score (nSPS) is 11.7. The molecule has 5 rings (SSSR count). The number of fused-ring (bicyclic) bond motifs is 2. The van der Waals surface area contributed by atoms with Gasteiger partial charge < -0.3 is 13.7 Å². The zero-order valence-corrected chi connectivity index (χ0v) is 26.6. The minimum atomic E-state index is -4.22. The topological polar surface area (TPSA) is 168 Å². The molecule has 0 atom stereocenters. The van der Waals surface area contributed by atoms with E-state index in [0.717, 1.165) is 9.13 Å². The minimum Gasteiger partial charge on any atom is -0.404 e. The van der Waals surface area contributed by atoms with Crippen LogP contribution in [0.4, 0.5) is 0 Å². The third kappa shape index (κ3) is 5.73. The second-order valence-electron chi connectivity index (χ2n) is 9.15. The monoisotopic (exact) mass is 609 g/mol. The maximum Gasteiger partial charge on any atom is 0.530 e. The average molecular weight is 609 g/mol. The summed E-state index contributed by atoms with van der Waals surface area (Å²) in [6, 6.07) is 8.31. The van der Waals surface area contributed by atoms with Crippen LogP contribution in [0.3, 0.4) is 0 Å². The molecule has 0 spiro atoms. The van der Waals surface area contributed by atoms with Gasteiger partial charge in [-0.05, 0) is 12.1 Å². The van der Waals surface area contributed by atoms with E-state index in [0.29, 0.717) is 0 Å². The number of benzene rings is 1. The van der Waals surface area contributed by atoms with Crippen molar-refractivity contribution in [2.75, 3.05) is 13.2 Å². The molecule has 18 heteroatoms. The van der Waals surface area contributed by atoms with Gasteiger partial charge >= 0.3 is 19.2 Å². The van der Waals surface area contributed by atoms with Crippen LogP contribution in [0.1, 0.15) is 0 Å². The van der Waals surface area contributed by atoms with E-state index in [9.17, 15) is 23.7 Å². The van der Waals surface area contributed by atoms with Crippen LogP contribution in [-0.4, -0.2) is 80.1 Å². The summed E-state index contributed by atoms with van der Waals surface area (Å²) in [4.78, 5) is 58.1. The Bertz CT molecular complexity index is 1930. The summed E-state index contributed by atoms with van der Waals surface area (Å²) in [7, 11) is 1.53. The Morgan fingerprint density at radius 2 is 1.12 bits per heavy atom. The van der Waals surface area contributed by atoms with Gasteiger partial charge in [0.1, 0.15) is 5.75 Å². The number of para-hydroxylation sites is 1. The third-order valence-electron chi connectivity index (χ3n) is 6.56. The number of aromatic nitrogens is 8. The molecule has 1 aromatic carbocycles. The molecule has 0 amide bonds. The van der Waals surface area contributed by atoms with Crippen molar-refractivity contribution in [3.8, 4) is 5.75 Å². The fourth-order valence-electron chi connectivity index (χ4n) is 4.34. The molecule has 4 heterocycles. The van der Waals surface area contributed by atoms with Crippen molar-refractivity contribution < 1.29 is 18.1 Å². The van der Waals surface area contributed by atoms with Gasteiger partial charge in [0.05, 0.1) is 25.9 Å². The Hall–Kier alpha value is -3.53. The van der Waals surface area contributed by atoms with E-state index in [-0.39, 0.29) is 83.9 Å². The van der Waals surface area contributed by atoms with E-state index in [1.54, 1.807) is 30.3 Å². The van der Waals surface area contributed by atoms with Crippen LogP contribution in [0.25, 0.3) is 22.3 Å². The molecule has 5 aromatic rings. The standard InChI is InChI=1S/C24H27N8O8P.Na/c1-27-19-17(21(33)29(3)23(27)35)31(14-25-19)10-12-38-41(37,40-16-8-6-5-7-9-16)39-13-11-32-15-26-20-18(32)22(34)30(4)24(36)28(20)2;/h5-9,14-15H,10-13H2,1-4H3;. The van der Waals surface area contributed by atoms with Gasteiger partial charge in [-0.25, -0.2) is 24.1 Å². The molecule has 0 saturated heterocycles. The molecule has 0 saturated carbocycles. The molecule has 42 heavy (non-hydrogen) atoms. The molecule has 0 fully saturated rings. The first-order valence-electron chi connectivity index (χ1n) is 12.4. The molecule has 0 aliphatic carbocycles. The molecule has 0 aliphatic rings. The van der Waals surface area contributed by atoms with Crippen molar-refractivity contribution in [3.05, 3.63) is 84.7 Å². The number of nitrogens with zero attached hydrogens (tertiary/aromatic N) is 8. The van der Waals surface area contributed by atoms with Crippen LogP contribution in [0.2, 0.25) is 0 Å². The Kier molecular flexibility index (Phi) is 9.25. The molecule has 4 aromatic heterocycles. The van der Waals surface area contributed by atoms with E-state index >= 15 is 0 Å². The summed E-state index contributed by atoms with van der Waals surface area (Å²) in [6.07, 6.45) is 2.77.